The second-order valence-electron chi connectivity index (χ2n) is 5.93. The van der Waals surface area contributed by atoms with Crippen molar-refractivity contribution in [2.24, 2.45) is 0 Å². The van der Waals surface area contributed by atoms with E-state index in [2.05, 4.69) is 0 Å². The van der Waals surface area contributed by atoms with E-state index >= 15 is 0 Å². The van der Waals surface area contributed by atoms with E-state index in [1.165, 1.54) is 41.3 Å². The van der Waals surface area contributed by atoms with Crippen molar-refractivity contribution in [1.29, 1.82) is 0 Å². The maximum absolute atomic E-state index is 12.5. The van der Waals surface area contributed by atoms with E-state index in [4.69, 9.17) is 0 Å². The molecule has 1 amide bonds. The molecule has 27 heavy (non-hydrogen) atoms. The predicted octanol–water partition coefficient (Wildman–Crippen LogP) is 4.85. The highest BCUT2D eigenvalue weighted by molar-refractivity contribution is 5.91. The van der Waals surface area contributed by atoms with Crippen LogP contribution in [-0.2, 0) is 11.0 Å². The van der Waals surface area contributed by atoms with Crippen LogP contribution in [0, 0.1) is 10.1 Å². The van der Waals surface area contributed by atoms with E-state index in [0.29, 0.717) is 11.1 Å². The molecule has 2 aromatic rings. The van der Waals surface area contributed by atoms with E-state index in [1.54, 1.807) is 26.1 Å². The molecule has 0 spiro atoms. The molecular weight excluding hydrogens is 361 g/mol. The van der Waals surface area contributed by atoms with Crippen molar-refractivity contribution in [2.45, 2.75) is 19.1 Å². The van der Waals surface area contributed by atoms with Crippen molar-refractivity contribution in [1.82, 2.24) is 4.90 Å². The number of halogens is 3. The molecule has 0 unspecified atom stereocenters. The van der Waals surface area contributed by atoms with Gasteiger partial charge >= 0.3 is 6.18 Å². The Hall–Kier alpha value is -3.16. The first-order chi connectivity index (χ1) is 12.6. The molecule has 0 aliphatic heterocycles. The van der Waals surface area contributed by atoms with E-state index in [-0.39, 0.29) is 11.6 Å². The lowest BCUT2D eigenvalue weighted by Crippen LogP contribution is -2.28. The van der Waals surface area contributed by atoms with Crippen molar-refractivity contribution >= 4 is 17.7 Å². The molecule has 0 saturated carbocycles. The summed E-state index contributed by atoms with van der Waals surface area (Å²) in [5.41, 5.74) is 0.221. The van der Waals surface area contributed by atoms with E-state index in [1.807, 2.05) is 0 Å². The van der Waals surface area contributed by atoms with Gasteiger partial charge in [-0.2, -0.15) is 13.2 Å². The van der Waals surface area contributed by atoms with Gasteiger partial charge in [0, 0.05) is 25.3 Å². The van der Waals surface area contributed by atoms with Crippen LogP contribution in [0.15, 0.2) is 54.6 Å². The first-order valence-electron chi connectivity index (χ1n) is 7.96. The molecule has 0 aliphatic carbocycles. The summed E-state index contributed by atoms with van der Waals surface area (Å²) in [6.07, 6.45) is -1.75. The van der Waals surface area contributed by atoms with Gasteiger partial charge in [-0.15, -0.1) is 0 Å². The Morgan fingerprint density at radius 3 is 2.37 bits per heavy atom. The summed E-state index contributed by atoms with van der Waals surface area (Å²) >= 11 is 0. The summed E-state index contributed by atoms with van der Waals surface area (Å²) in [6.45, 7) is 1.73. The SMILES string of the molecule is C[C@H](c1cccc([N+](=O)[O-])c1)N(C)C(=O)/C=C/c1ccc(C(F)(F)F)cc1. The largest absolute Gasteiger partial charge is 0.416 e. The molecular formula is C19H17F3N2O3. The minimum atomic E-state index is -4.41. The van der Waals surface area contributed by atoms with Crippen LogP contribution in [0.4, 0.5) is 18.9 Å². The van der Waals surface area contributed by atoms with Gasteiger partial charge in [-0.05, 0) is 36.3 Å². The summed E-state index contributed by atoms with van der Waals surface area (Å²) in [6, 6.07) is 10.00. The van der Waals surface area contributed by atoms with Crippen LogP contribution in [0.25, 0.3) is 6.08 Å². The number of nitro groups is 1. The van der Waals surface area contributed by atoms with Crippen molar-refractivity contribution in [2.75, 3.05) is 7.05 Å². The number of nitrogens with zero attached hydrogens (tertiary/aromatic N) is 2. The molecule has 1 atom stereocenters. The van der Waals surface area contributed by atoms with Gasteiger partial charge in [0.25, 0.3) is 5.69 Å². The van der Waals surface area contributed by atoms with Crippen molar-refractivity contribution in [3.05, 3.63) is 81.4 Å². The maximum atomic E-state index is 12.5. The van der Waals surface area contributed by atoms with Gasteiger partial charge in [0.15, 0.2) is 0 Å². The number of rotatable bonds is 5. The third kappa shape index (κ3) is 5.16. The van der Waals surface area contributed by atoms with Crippen LogP contribution >= 0.6 is 0 Å². The Kier molecular flexibility index (Phi) is 5.99. The van der Waals surface area contributed by atoms with Gasteiger partial charge in [0.2, 0.25) is 5.91 Å². The van der Waals surface area contributed by atoms with Crippen molar-refractivity contribution in [3.63, 3.8) is 0 Å². The Bertz CT molecular complexity index is 861. The highest BCUT2D eigenvalue weighted by Gasteiger charge is 2.29. The smallest absolute Gasteiger partial charge is 0.335 e. The zero-order chi connectivity index (χ0) is 20.2. The number of amides is 1. The van der Waals surface area contributed by atoms with Crippen LogP contribution in [-0.4, -0.2) is 22.8 Å². The molecule has 0 saturated heterocycles. The van der Waals surface area contributed by atoms with Crippen LogP contribution in [0.1, 0.15) is 29.7 Å². The molecule has 0 radical (unpaired) electrons. The van der Waals surface area contributed by atoms with Gasteiger partial charge in [-0.25, -0.2) is 0 Å². The molecule has 0 N–H and O–H groups in total. The van der Waals surface area contributed by atoms with E-state index in [0.717, 1.165) is 12.1 Å². The maximum Gasteiger partial charge on any atom is 0.416 e. The number of non-ortho nitro benzene ring substituents is 1. The van der Waals surface area contributed by atoms with Gasteiger partial charge in [-0.1, -0.05) is 24.3 Å². The molecule has 5 nitrogen and oxygen atoms in total. The topological polar surface area (TPSA) is 63.5 Å². The highest BCUT2D eigenvalue weighted by Crippen LogP contribution is 2.29. The third-order valence-electron chi connectivity index (χ3n) is 4.15. The zero-order valence-corrected chi connectivity index (χ0v) is 14.6. The number of carbonyl (C=O) groups is 1. The molecule has 0 fully saturated rings. The molecule has 0 bridgehead atoms. The van der Waals surface area contributed by atoms with Gasteiger partial charge in [0.05, 0.1) is 16.5 Å². The molecule has 2 rings (SSSR count). The number of hydrogen-bond acceptors (Lipinski definition) is 3. The first-order valence-corrected chi connectivity index (χ1v) is 7.96. The number of alkyl halides is 3. The Morgan fingerprint density at radius 2 is 1.81 bits per heavy atom. The second kappa shape index (κ2) is 8.03. The summed E-state index contributed by atoms with van der Waals surface area (Å²) < 4.78 is 37.6. The van der Waals surface area contributed by atoms with Gasteiger partial charge in [0.1, 0.15) is 0 Å². The number of benzene rings is 2. The second-order valence-corrected chi connectivity index (χ2v) is 5.93. The number of hydrogen-bond donors (Lipinski definition) is 0. The minimum absolute atomic E-state index is 0.0690. The fourth-order valence-electron chi connectivity index (χ4n) is 2.38. The van der Waals surface area contributed by atoms with Crippen molar-refractivity contribution < 1.29 is 22.9 Å². The van der Waals surface area contributed by atoms with E-state index in [9.17, 15) is 28.1 Å². The fourth-order valence-corrected chi connectivity index (χ4v) is 2.38. The van der Waals surface area contributed by atoms with Gasteiger partial charge < -0.3 is 4.90 Å². The highest BCUT2D eigenvalue weighted by atomic mass is 19.4. The molecule has 0 heterocycles. The van der Waals surface area contributed by atoms with Crippen LogP contribution in [0.3, 0.4) is 0 Å². The van der Waals surface area contributed by atoms with Crippen LogP contribution in [0.5, 0.6) is 0 Å². The Balaban J connectivity index is 2.09. The third-order valence-corrected chi connectivity index (χ3v) is 4.15. The lowest BCUT2D eigenvalue weighted by atomic mass is 10.1. The number of likely N-dealkylation sites (N-methyl/N-ethyl adjacent to an activating group) is 1. The van der Waals surface area contributed by atoms with Crippen molar-refractivity contribution in [3.8, 4) is 0 Å². The minimum Gasteiger partial charge on any atom is -0.335 e. The molecule has 0 aromatic heterocycles. The number of carbonyl (C=O) groups excluding carboxylic acids is 1. The average molecular weight is 378 g/mol. The van der Waals surface area contributed by atoms with Crippen LogP contribution < -0.4 is 0 Å². The number of nitro benzene ring substituents is 1. The van der Waals surface area contributed by atoms with Crippen LogP contribution in [0.2, 0.25) is 0 Å². The Morgan fingerprint density at radius 1 is 1.19 bits per heavy atom. The fraction of sp³-hybridized carbons (Fsp3) is 0.211. The zero-order valence-electron chi connectivity index (χ0n) is 14.6. The molecule has 0 aliphatic rings. The predicted molar refractivity (Wildman–Crippen MR) is 94.8 cm³/mol. The summed E-state index contributed by atoms with van der Waals surface area (Å²) in [7, 11) is 1.54. The quantitative estimate of drug-likeness (QED) is 0.425. The lowest BCUT2D eigenvalue weighted by Gasteiger charge is -2.24. The summed E-state index contributed by atoms with van der Waals surface area (Å²) in [4.78, 5) is 24.0. The molecule has 142 valence electrons. The molecule has 8 heteroatoms. The van der Waals surface area contributed by atoms with E-state index < -0.39 is 22.7 Å². The molecule has 2 aromatic carbocycles. The standard InChI is InChI=1S/C19H17F3N2O3/c1-13(15-4-3-5-17(12-15)24(26)27)23(2)18(25)11-8-14-6-9-16(10-7-14)19(20,21)22/h3-13H,1-2H3/b11-8+/t13-/m1/s1. The normalized spacial score (nSPS) is 12.8. The average Bonchev–Trinajstić information content (AvgIpc) is 2.64. The van der Waals surface area contributed by atoms with Gasteiger partial charge in [-0.3, -0.25) is 14.9 Å². The summed E-state index contributed by atoms with van der Waals surface area (Å²) in [5.74, 6) is -0.381. The lowest BCUT2D eigenvalue weighted by molar-refractivity contribution is -0.384. The first kappa shape index (κ1) is 20.2. The monoisotopic (exact) mass is 378 g/mol. The Labute approximate surface area is 153 Å². The summed E-state index contributed by atoms with van der Waals surface area (Å²) in [5, 5.41) is 10.9.